The molecule has 3 rings (SSSR count). The van der Waals surface area contributed by atoms with Gasteiger partial charge in [0.05, 0.1) is 6.33 Å². The summed E-state index contributed by atoms with van der Waals surface area (Å²) in [5, 5.41) is 23.5. The Morgan fingerprint density at radius 3 is 2.64 bits per heavy atom. The van der Waals surface area contributed by atoms with E-state index in [1.54, 1.807) is 18.9 Å². The molecule has 2 unspecified atom stereocenters. The van der Waals surface area contributed by atoms with Crippen LogP contribution in [-0.2, 0) is 14.3 Å². The Balaban J connectivity index is 1.72. The molecule has 2 aromatic rings. The molecule has 2 amide bonds. The van der Waals surface area contributed by atoms with Crippen molar-refractivity contribution in [1.82, 2.24) is 29.7 Å². The number of likely N-dealkylation sites (N-methyl/N-ethyl adjacent to an activating group) is 1. The van der Waals surface area contributed by atoms with E-state index < -0.39 is 36.0 Å². The SMILES string of the molecule is CCNC(=O)[C@H]1O[C@@H](n2cnc3c(N)nc(C#CCC(CC)CCN(C)C(=O)OC(C)(C)C)nc32)[C@@H](O)C1O. The molecule has 0 saturated carbocycles. The monoisotopic (exact) mass is 545 g/mol. The molecule has 0 aromatic carbocycles. The van der Waals surface area contributed by atoms with E-state index in [2.05, 4.69) is 39.0 Å². The van der Waals surface area contributed by atoms with E-state index in [0.717, 1.165) is 12.8 Å². The van der Waals surface area contributed by atoms with Gasteiger partial charge in [0, 0.05) is 26.6 Å². The third kappa shape index (κ3) is 7.35. The third-order valence-corrected chi connectivity index (χ3v) is 6.32. The van der Waals surface area contributed by atoms with Crippen molar-refractivity contribution in [3.63, 3.8) is 0 Å². The highest BCUT2D eigenvalue weighted by molar-refractivity contribution is 5.83. The maximum absolute atomic E-state index is 12.2. The van der Waals surface area contributed by atoms with Gasteiger partial charge in [-0.1, -0.05) is 19.3 Å². The molecule has 0 bridgehead atoms. The van der Waals surface area contributed by atoms with Crippen molar-refractivity contribution < 1.29 is 29.3 Å². The predicted molar refractivity (Wildman–Crippen MR) is 143 cm³/mol. The molecule has 3 heterocycles. The van der Waals surface area contributed by atoms with Crippen molar-refractivity contribution >= 4 is 29.0 Å². The van der Waals surface area contributed by atoms with Crippen LogP contribution in [0.4, 0.5) is 10.6 Å². The number of aliphatic hydroxyl groups excluding tert-OH is 2. The highest BCUT2D eigenvalue weighted by atomic mass is 16.6. The number of aliphatic hydroxyl groups is 2. The number of amides is 2. The van der Waals surface area contributed by atoms with Crippen molar-refractivity contribution in [2.75, 3.05) is 25.9 Å². The second-order valence-corrected chi connectivity index (χ2v) is 10.6. The van der Waals surface area contributed by atoms with Crippen LogP contribution in [-0.4, -0.2) is 90.7 Å². The molecule has 0 aliphatic carbocycles. The second kappa shape index (κ2) is 12.6. The number of nitrogen functional groups attached to an aromatic ring is 1. The summed E-state index contributed by atoms with van der Waals surface area (Å²) in [5.74, 6) is 6.01. The molecule has 5 N–H and O–H groups in total. The number of anilines is 1. The summed E-state index contributed by atoms with van der Waals surface area (Å²) in [6.07, 6.45) is -2.01. The van der Waals surface area contributed by atoms with E-state index in [-0.39, 0.29) is 34.8 Å². The number of hydrogen-bond donors (Lipinski definition) is 4. The Kier molecular flexibility index (Phi) is 9.71. The average Bonchev–Trinajstić information content (AvgIpc) is 3.41. The fourth-order valence-corrected chi connectivity index (χ4v) is 4.09. The van der Waals surface area contributed by atoms with Crippen molar-refractivity contribution in [3.05, 3.63) is 12.2 Å². The minimum Gasteiger partial charge on any atom is -0.444 e. The van der Waals surface area contributed by atoms with Crippen molar-refractivity contribution in [3.8, 4) is 11.8 Å². The number of hydrogen-bond acceptors (Lipinski definition) is 10. The zero-order valence-corrected chi connectivity index (χ0v) is 23.3. The summed E-state index contributed by atoms with van der Waals surface area (Å²) in [5.41, 5.74) is 6.08. The number of imidazole rings is 1. The number of carbonyl (C=O) groups excluding carboxylic acids is 2. The summed E-state index contributed by atoms with van der Waals surface area (Å²) < 4.78 is 12.5. The van der Waals surface area contributed by atoms with Gasteiger partial charge in [-0.05, 0) is 46.0 Å². The van der Waals surface area contributed by atoms with Gasteiger partial charge in [-0.25, -0.2) is 19.7 Å². The van der Waals surface area contributed by atoms with Gasteiger partial charge in [-0.2, -0.15) is 0 Å². The summed E-state index contributed by atoms with van der Waals surface area (Å²) in [6, 6.07) is 0. The first-order valence-electron chi connectivity index (χ1n) is 13.1. The highest BCUT2D eigenvalue weighted by Gasteiger charge is 2.47. The zero-order valence-electron chi connectivity index (χ0n) is 23.3. The van der Waals surface area contributed by atoms with Crippen LogP contribution in [0.2, 0.25) is 0 Å². The minimum atomic E-state index is -1.43. The Labute approximate surface area is 228 Å². The van der Waals surface area contributed by atoms with Crippen LogP contribution in [0, 0.1) is 17.8 Å². The first-order chi connectivity index (χ1) is 18.4. The molecule has 1 fully saturated rings. The van der Waals surface area contributed by atoms with Gasteiger partial charge in [-0.15, -0.1) is 0 Å². The smallest absolute Gasteiger partial charge is 0.410 e. The molecule has 1 saturated heterocycles. The van der Waals surface area contributed by atoms with Gasteiger partial charge in [-0.3, -0.25) is 9.36 Å². The lowest BCUT2D eigenvalue weighted by atomic mass is 9.98. The Bertz CT molecular complexity index is 1230. The molecule has 0 spiro atoms. The van der Waals surface area contributed by atoms with E-state index in [9.17, 15) is 19.8 Å². The van der Waals surface area contributed by atoms with Gasteiger partial charge in [0.2, 0.25) is 5.82 Å². The zero-order chi connectivity index (χ0) is 28.9. The van der Waals surface area contributed by atoms with E-state index in [0.29, 0.717) is 19.5 Å². The maximum atomic E-state index is 12.2. The lowest BCUT2D eigenvalue weighted by molar-refractivity contribution is -0.137. The largest absolute Gasteiger partial charge is 0.444 e. The van der Waals surface area contributed by atoms with Gasteiger partial charge < -0.3 is 35.6 Å². The van der Waals surface area contributed by atoms with Crippen LogP contribution in [0.15, 0.2) is 6.33 Å². The predicted octanol–water partition coefficient (Wildman–Crippen LogP) is 1.19. The summed E-state index contributed by atoms with van der Waals surface area (Å²) >= 11 is 0. The molecule has 13 nitrogen and oxygen atoms in total. The van der Waals surface area contributed by atoms with Crippen LogP contribution < -0.4 is 11.1 Å². The molecule has 1 aliphatic heterocycles. The minimum absolute atomic E-state index is 0.0994. The number of nitrogens with one attached hydrogen (secondary N) is 1. The van der Waals surface area contributed by atoms with Crippen LogP contribution >= 0.6 is 0 Å². The lowest BCUT2D eigenvalue weighted by Gasteiger charge is -2.25. The fourth-order valence-electron chi connectivity index (χ4n) is 4.09. The number of nitrogens with two attached hydrogens (primary N) is 1. The van der Waals surface area contributed by atoms with Crippen molar-refractivity contribution in [2.45, 2.75) is 84.0 Å². The summed E-state index contributed by atoms with van der Waals surface area (Å²) in [7, 11) is 1.71. The molecule has 5 atom stereocenters. The number of aromatic nitrogens is 4. The van der Waals surface area contributed by atoms with E-state index in [4.69, 9.17) is 15.2 Å². The number of fused-ring (bicyclic) bond motifs is 1. The second-order valence-electron chi connectivity index (χ2n) is 10.6. The lowest BCUT2D eigenvalue weighted by Crippen LogP contribution is -2.42. The van der Waals surface area contributed by atoms with Crippen LogP contribution in [0.5, 0.6) is 0 Å². The fraction of sp³-hybridized carbons (Fsp3) is 0.654. The molecule has 1 aliphatic rings. The third-order valence-electron chi connectivity index (χ3n) is 6.32. The Morgan fingerprint density at radius 1 is 1.28 bits per heavy atom. The van der Waals surface area contributed by atoms with E-state index in [1.807, 2.05) is 20.8 Å². The van der Waals surface area contributed by atoms with Gasteiger partial charge in [0.1, 0.15) is 23.3 Å². The molecule has 0 radical (unpaired) electrons. The Hall–Kier alpha value is -3.47. The summed E-state index contributed by atoms with van der Waals surface area (Å²) in [4.78, 5) is 38.9. The van der Waals surface area contributed by atoms with Gasteiger partial charge >= 0.3 is 6.09 Å². The first kappa shape index (κ1) is 30.1. The number of rotatable bonds is 8. The van der Waals surface area contributed by atoms with E-state index in [1.165, 1.54) is 10.9 Å². The maximum Gasteiger partial charge on any atom is 0.410 e. The van der Waals surface area contributed by atoms with Crippen LogP contribution in [0.1, 0.15) is 65.9 Å². The molecule has 39 heavy (non-hydrogen) atoms. The van der Waals surface area contributed by atoms with Crippen molar-refractivity contribution in [2.24, 2.45) is 5.92 Å². The summed E-state index contributed by atoms with van der Waals surface area (Å²) in [6.45, 7) is 10.2. The van der Waals surface area contributed by atoms with Gasteiger partial charge in [0.15, 0.2) is 23.8 Å². The number of carbonyl (C=O) groups is 2. The van der Waals surface area contributed by atoms with Crippen LogP contribution in [0.25, 0.3) is 11.2 Å². The standard InChI is InChI=1S/C26H39N7O6/c1-7-15(12-13-32(6)25(37)39-26(3,4)5)10-9-11-16-30-21(27)17-22(31-16)33(14-29-17)24-19(35)18(34)20(38-24)23(36)28-8-2/h14-15,18-20,24,34-35H,7-8,10,12-13H2,1-6H3,(H,28,36)(H2,27,30,31)/t15?,18?,19-,20-,24+/m0/s1. The molecule has 13 heteroatoms. The first-order valence-corrected chi connectivity index (χ1v) is 13.1. The molecular weight excluding hydrogens is 506 g/mol. The average molecular weight is 546 g/mol. The normalized spacial score (nSPS) is 21.7. The Morgan fingerprint density at radius 2 is 2.00 bits per heavy atom. The quantitative estimate of drug-likeness (QED) is 0.352. The molecule has 2 aromatic heterocycles. The van der Waals surface area contributed by atoms with Crippen LogP contribution in [0.3, 0.4) is 0 Å². The van der Waals surface area contributed by atoms with Crippen molar-refractivity contribution in [1.29, 1.82) is 0 Å². The number of nitrogens with zero attached hydrogens (tertiary/aromatic N) is 5. The highest BCUT2D eigenvalue weighted by Crippen LogP contribution is 2.32. The van der Waals surface area contributed by atoms with Gasteiger partial charge in [0.25, 0.3) is 5.91 Å². The van der Waals surface area contributed by atoms with E-state index >= 15 is 0 Å². The molecule has 214 valence electrons. The topological polar surface area (TPSA) is 178 Å². The number of ether oxygens (including phenoxy) is 2. The molecular formula is C26H39N7O6.